The highest BCUT2D eigenvalue weighted by atomic mass is 16.6. The minimum Gasteiger partial charge on any atom is -0.379 e. The van der Waals surface area contributed by atoms with Crippen molar-refractivity contribution < 1.29 is 14.6 Å². The molecule has 11 heavy (non-hydrogen) atoms. The largest absolute Gasteiger partial charge is 0.379 e. The van der Waals surface area contributed by atoms with Crippen molar-refractivity contribution in [3.8, 4) is 0 Å². The van der Waals surface area contributed by atoms with Gasteiger partial charge in [0.1, 0.15) is 0 Å². The van der Waals surface area contributed by atoms with Crippen molar-refractivity contribution >= 4 is 0 Å². The maximum absolute atomic E-state index is 9.24. The molecular weight excluding hydrogens is 146 g/mol. The van der Waals surface area contributed by atoms with Crippen molar-refractivity contribution in [3.05, 3.63) is 0 Å². The van der Waals surface area contributed by atoms with E-state index in [0.29, 0.717) is 6.61 Å². The summed E-state index contributed by atoms with van der Waals surface area (Å²) in [6.07, 6.45) is 0.138. The Kier molecular flexibility index (Phi) is 3.26. The molecule has 4 heteroatoms. The number of rotatable bonds is 3. The van der Waals surface area contributed by atoms with Crippen LogP contribution >= 0.6 is 0 Å². The van der Waals surface area contributed by atoms with Gasteiger partial charge in [-0.2, -0.15) is 0 Å². The van der Waals surface area contributed by atoms with Crippen molar-refractivity contribution in [2.24, 2.45) is 0 Å². The third kappa shape index (κ3) is 2.75. The van der Waals surface area contributed by atoms with E-state index in [1.807, 2.05) is 0 Å². The fourth-order valence-electron chi connectivity index (χ4n) is 0.914. The molecule has 1 rings (SSSR count). The summed E-state index contributed by atoms with van der Waals surface area (Å²) in [6, 6.07) is 0. The van der Waals surface area contributed by atoms with Crippen molar-refractivity contribution in [2.45, 2.75) is 18.9 Å². The summed E-state index contributed by atoms with van der Waals surface area (Å²) >= 11 is 0. The third-order valence-corrected chi connectivity index (χ3v) is 1.64. The van der Waals surface area contributed by atoms with Crippen LogP contribution in [-0.2, 0) is 9.47 Å². The molecule has 2 unspecified atom stereocenters. The number of nitrogens with zero attached hydrogens (tertiary/aromatic N) is 1. The molecule has 0 spiro atoms. The topological polar surface area (TPSA) is 41.9 Å². The summed E-state index contributed by atoms with van der Waals surface area (Å²) in [7, 11) is 3.53. The zero-order valence-corrected chi connectivity index (χ0v) is 6.99. The van der Waals surface area contributed by atoms with E-state index in [9.17, 15) is 5.11 Å². The van der Waals surface area contributed by atoms with Crippen molar-refractivity contribution in [1.29, 1.82) is 0 Å². The molecule has 0 aromatic rings. The van der Waals surface area contributed by atoms with E-state index in [0.717, 1.165) is 13.0 Å². The molecule has 4 nitrogen and oxygen atoms in total. The highest BCUT2D eigenvalue weighted by Crippen LogP contribution is 2.10. The molecule has 0 radical (unpaired) electrons. The van der Waals surface area contributed by atoms with Gasteiger partial charge in [-0.1, -0.05) is 0 Å². The number of aliphatic hydroxyl groups excluding tert-OH is 1. The maximum Gasteiger partial charge on any atom is 0.215 e. The molecule has 1 fully saturated rings. The van der Waals surface area contributed by atoms with Gasteiger partial charge in [0.15, 0.2) is 0 Å². The van der Waals surface area contributed by atoms with E-state index in [1.165, 1.54) is 0 Å². The van der Waals surface area contributed by atoms with Gasteiger partial charge < -0.3 is 14.6 Å². The van der Waals surface area contributed by atoms with Gasteiger partial charge in [-0.25, -0.2) is 0 Å². The standard InChI is InChI=1S/C7H15NO3/c1-8(2)7(9)11-6-3-4-10-5-6/h6-7,9H,3-5H2,1-2H3. The Morgan fingerprint density at radius 1 is 1.64 bits per heavy atom. The molecule has 66 valence electrons. The molecule has 0 aromatic carbocycles. The maximum atomic E-state index is 9.24. The third-order valence-electron chi connectivity index (χ3n) is 1.64. The van der Waals surface area contributed by atoms with E-state index < -0.39 is 6.41 Å². The SMILES string of the molecule is CN(C)C(O)OC1CCOC1. The molecular formula is C7H15NO3. The second-order valence-electron chi connectivity index (χ2n) is 2.91. The summed E-state index contributed by atoms with van der Waals surface area (Å²) < 4.78 is 10.3. The Bertz CT molecular complexity index is 112. The van der Waals surface area contributed by atoms with Gasteiger partial charge in [0.05, 0.1) is 12.7 Å². The number of hydrogen-bond acceptors (Lipinski definition) is 4. The summed E-state index contributed by atoms with van der Waals surface area (Å²) in [5.41, 5.74) is 0. The van der Waals surface area contributed by atoms with E-state index in [2.05, 4.69) is 0 Å². The Morgan fingerprint density at radius 3 is 2.82 bits per heavy atom. The van der Waals surface area contributed by atoms with E-state index >= 15 is 0 Å². The predicted octanol–water partition coefficient (Wildman–Crippen LogP) is -0.371. The van der Waals surface area contributed by atoms with Crippen LogP contribution in [0.15, 0.2) is 0 Å². The average Bonchev–Trinajstić information content (AvgIpc) is 2.39. The van der Waals surface area contributed by atoms with Crippen LogP contribution < -0.4 is 0 Å². The molecule has 1 heterocycles. The van der Waals surface area contributed by atoms with Gasteiger partial charge in [-0.05, 0) is 20.5 Å². The number of hydrogen-bond donors (Lipinski definition) is 1. The van der Waals surface area contributed by atoms with Crippen LogP contribution in [0.25, 0.3) is 0 Å². The smallest absolute Gasteiger partial charge is 0.215 e. The average molecular weight is 161 g/mol. The highest BCUT2D eigenvalue weighted by molar-refractivity contribution is 4.63. The van der Waals surface area contributed by atoms with E-state index in [-0.39, 0.29) is 6.10 Å². The van der Waals surface area contributed by atoms with Gasteiger partial charge in [0.2, 0.25) is 6.41 Å². The summed E-state index contributed by atoms with van der Waals surface area (Å²) in [6.45, 7) is 1.34. The zero-order valence-electron chi connectivity index (χ0n) is 6.99. The summed E-state index contributed by atoms with van der Waals surface area (Å²) in [5.74, 6) is 0. The van der Waals surface area contributed by atoms with E-state index in [4.69, 9.17) is 9.47 Å². The lowest BCUT2D eigenvalue weighted by molar-refractivity contribution is -0.202. The zero-order chi connectivity index (χ0) is 8.27. The number of aliphatic hydroxyl groups is 1. The highest BCUT2D eigenvalue weighted by Gasteiger charge is 2.20. The molecule has 1 N–H and O–H groups in total. The predicted molar refractivity (Wildman–Crippen MR) is 40.0 cm³/mol. The van der Waals surface area contributed by atoms with Gasteiger partial charge in [-0.15, -0.1) is 0 Å². The summed E-state index contributed by atoms with van der Waals surface area (Å²) in [4.78, 5) is 1.61. The molecule has 0 aromatic heterocycles. The van der Waals surface area contributed by atoms with Crippen molar-refractivity contribution in [3.63, 3.8) is 0 Å². The lowest BCUT2D eigenvalue weighted by Crippen LogP contribution is -2.34. The Morgan fingerprint density at radius 2 is 2.36 bits per heavy atom. The van der Waals surface area contributed by atoms with Gasteiger partial charge >= 0.3 is 0 Å². The molecule has 1 saturated heterocycles. The first kappa shape index (κ1) is 8.93. The van der Waals surface area contributed by atoms with Gasteiger partial charge in [-0.3, -0.25) is 4.90 Å². The minimum atomic E-state index is -0.804. The van der Waals surface area contributed by atoms with Gasteiger partial charge in [0, 0.05) is 6.61 Å². The normalized spacial score (nSPS) is 27.8. The Hall–Kier alpha value is -0.160. The molecule has 0 amide bonds. The van der Waals surface area contributed by atoms with E-state index in [1.54, 1.807) is 19.0 Å². The second-order valence-corrected chi connectivity index (χ2v) is 2.91. The molecule has 0 bridgehead atoms. The van der Waals surface area contributed by atoms with Crippen molar-refractivity contribution in [1.82, 2.24) is 4.90 Å². The quantitative estimate of drug-likeness (QED) is 0.573. The monoisotopic (exact) mass is 161 g/mol. The minimum absolute atomic E-state index is 0.0624. The van der Waals surface area contributed by atoms with Crippen LogP contribution in [-0.4, -0.2) is 49.8 Å². The van der Waals surface area contributed by atoms with Crippen LogP contribution in [0.3, 0.4) is 0 Å². The van der Waals surface area contributed by atoms with Gasteiger partial charge in [0.25, 0.3) is 0 Å². The Balaban J connectivity index is 2.18. The van der Waals surface area contributed by atoms with Crippen LogP contribution in [0.4, 0.5) is 0 Å². The molecule has 0 aliphatic carbocycles. The first-order valence-electron chi connectivity index (χ1n) is 3.78. The fourth-order valence-corrected chi connectivity index (χ4v) is 0.914. The van der Waals surface area contributed by atoms with Crippen LogP contribution in [0.2, 0.25) is 0 Å². The second kappa shape index (κ2) is 4.01. The number of ether oxygens (including phenoxy) is 2. The first-order chi connectivity index (χ1) is 5.20. The van der Waals surface area contributed by atoms with Crippen LogP contribution in [0.5, 0.6) is 0 Å². The molecule has 0 saturated carbocycles. The fraction of sp³-hybridized carbons (Fsp3) is 1.00. The summed E-state index contributed by atoms with van der Waals surface area (Å²) in [5, 5.41) is 9.24. The lowest BCUT2D eigenvalue weighted by Gasteiger charge is -2.21. The molecule has 1 aliphatic heterocycles. The van der Waals surface area contributed by atoms with Crippen LogP contribution in [0, 0.1) is 0 Å². The Labute approximate surface area is 66.7 Å². The lowest BCUT2D eigenvalue weighted by atomic mass is 10.3. The molecule has 2 atom stereocenters. The van der Waals surface area contributed by atoms with Crippen LogP contribution in [0.1, 0.15) is 6.42 Å². The first-order valence-corrected chi connectivity index (χ1v) is 3.78. The van der Waals surface area contributed by atoms with Crippen molar-refractivity contribution in [2.75, 3.05) is 27.3 Å². The molecule has 1 aliphatic rings.